The van der Waals surface area contributed by atoms with Crippen molar-refractivity contribution in [2.45, 2.75) is 26.4 Å². The highest BCUT2D eigenvalue weighted by atomic mass is 15.3. The van der Waals surface area contributed by atoms with Crippen molar-refractivity contribution in [3.8, 4) is 0 Å². The van der Waals surface area contributed by atoms with E-state index in [4.69, 9.17) is 0 Å². The highest BCUT2D eigenvalue weighted by Crippen LogP contribution is 2.19. The van der Waals surface area contributed by atoms with Gasteiger partial charge in [-0.2, -0.15) is 5.10 Å². The van der Waals surface area contributed by atoms with Gasteiger partial charge in [0.05, 0.1) is 6.20 Å². The Hall–Kier alpha value is -2.14. The number of rotatable bonds is 4. The zero-order valence-electron chi connectivity index (χ0n) is 12.0. The number of pyridine rings is 1. The molecule has 2 N–H and O–H groups in total. The molecule has 3 aromatic heterocycles. The maximum Gasteiger partial charge on any atom is 0.137 e. The van der Waals surface area contributed by atoms with Gasteiger partial charge in [0, 0.05) is 48.7 Å². The lowest BCUT2D eigenvalue weighted by Gasteiger charge is -2.13. The summed E-state index contributed by atoms with van der Waals surface area (Å²) in [6, 6.07) is 4.33. The second kappa shape index (κ2) is 5.09. The van der Waals surface area contributed by atoms with Crippen molar-refractivity contribution in [1.82, 2.24) is 25.1 Å². The molecule has 1 atom stereocenters. The third-order valence-electron chi connectivity index (χ3n) is 3.88. The summed E-state index contributed by atoms with van der Waals surface area (Å²) in [5, 5.41) is 9.02. The molecule has 0 aromatic carbocycles. The standard InChI is InChI=1S/C15H19N5/c1-10(14-9-19-20(3)11(14)2)17-7-12-8-18-15-13(12)5-4-6-16-15/h4-6,8-10,17H,7H2,1-3H3,(H,16,18). The number of H-pyrrole nitrogens is 1. The number of hydrogen-bond acceptors (Lipinski definition) is 3. The van der Waals surface area contributed by atoms with Crippen LogP contribution in [0.1, 0.15) is 29.8 Å². The largest absolute Gasteiger partial charge is 0.346 e. The van der Waals surface area contributed by atoms with Gasteiger partial charge in [-0.05, 0) is 31.5 Å². The van der Waals surface area contributed by atoms with Gasteiger partial charge >= 0.3 is 0 Å². The third-order valence-corrected chi connectivity index (χ3v) is 3.88. The van der Waals surface area contributed by atoms with E-state index in [1.165, 1.54) is 22.2 Å². The van der Waals surface area contributed by atoms with Crippen LogP contribution in [0.2, 0.25) is 0 Å². The van der Waals surface area contributed by atoms with Crippen LogP contribution in [0.25, 0.3) is 11.0 Å². The summed E-state index contributed by atoms with van der Waals surface area (Å²) < 4.78 is 1.91. The van der Waals surface area contributed by atoms with Gasteiger partial charge in [0.25, 0.3) is 0 Å². The molecule has 0 aliphatic rings. The molecular weight excluding hydrogens is 250 g/mol. The van der Waals surface area contributed by atoms with Crippen LogP contribution in [0, 0.1) is 6.92 Å². The van der Waals surface area contributed by atoms with Gasteiger partial charge < -0.3 is 10.3 Å². The summed E-state index contributed by atoms with van der Waals surface area (Å²) in [4.78, 5) is 7.51. The van der Waals surface area contributed by atoms with Crippen molar-refractivity contribution in [3.05, 3.63) is 47.5 Å². The molecule has 0 saturated carbocycles. The summed E-state index contributed by atoms with van der Waals surface area (Å²) in [7, 11) is 1.97. The maximum absolute atomic E-state index is 4.31. The number of nitrogens with zero attached hydrogens (tertiary/aromatic N) is 3. The first kappa shape index (κ1) is 12.9. The molecule has 3 rings (SSSR count). The Balaban J connectivity index is 1.75. The van der Waals surface area contributed by atoms with Gasteiger partial charge in [0.15, 0.2) is 0 Å². The number of aromatic amines is 1. The molecule has 104 valence electrons. The van der Waals surface area contributed by atoms with Gasteiger partial charge in [-0.25, -0.2) is 4.98 Å². The molecule has 0 amide bonds. The van der Waals surface area contributed by atoms with E-state index in [2.05, 4.69) is 40.3 Å². The number of hydrogen-bond donors (Lipinski definition) is 2. The lowest BCUT2D eigenvalue weighted by atomic mass is 10.1. The van der Waals surface area contributed by atoms with Crippen molar-refractivity contribution >= 4 is 11.0 Å². The zero-order chi connectivity index (χ0) is 14.1. The Morgan fingerprint density at radius 2 is 2.30 bits per heavy atom. The van der Waals surface area contributed by atoms with E-state index in [0.717, 1.165) is 12.2 Å². The SMILES string of the molecule is Cc1c(C(C)NCc2c[nH]c3ncccc23)cnn1C. The molecule has 0 bridgehead atoms. The normalized spacial score (nSPS) is 12.9. The minimum Gasteiger partial charge on any atom is -0.346 e. The first-order valence-electron chi connectivity index (χ1n) is 6.79. The lowest BCUT2D eigenvalue weighted by molar-refractivity contribution is 0.572. The highest BCUT2D eigenvalue weighted by molar-refractivity contribution is 5.79. The summed E-state index contributed by atoms with van der Waals surface area (Å²) in [6.45, 7) is 5.06. The molecule has 0 aliphatic carbocycles. The Morgan fingerprint density at radius 1 is 1.45 bits per heavy atom. The molecule has 0 aliphatic heterocycles. The Morgan fingerprint density at radius 3 is 3.05 bits per heavy atom. The fourth-order valence-corrected chi connectivity index (χ4v) is 2.47. The Bertz CT molecular complexity index is 725. The number of nitrogens with one attached hydrogen (secondary N) is 2. The molecule has 0 spiro atoms. The first-order chi connectivity index (χ1) is 9.66. The van der Waals surface area contributed by atoms with Crippen molar-refractivity contribution in [2.75, 3.05) is 0 Å². The molecule has 0 saturated heterocycles. The van der Waals surface area contributed by atoms with Crippen LogP contribution in [-0.4, -0.2) is 19.7 Å². The lowest BCUT2D eigenvalue weighted by Crippen LogP contribution is -2.18. The average Bonchev–Trinajstić information content (AvgIpc) is 3.01. The van der Waals surface area contributed by atoms with Gasteiger partial charge in [-0.3, -0.25) is 4.68 Å². The quantitative estimate of drug-likeness (QED) is 0.765. The van der Waals surface area contributed by atoms with E-state index >= 15 is 0 Å². The topological polar surface area (TPSA) is 58.5 Å². The fourth-order valence-electron chi connectivity index (χ4n) is 2.47. The van der Waals surface area contributed by atoms with Crippen LogP contribution in [0.15, 0.2) is 30.7 Å². The van der Waals surface area contributed by atoms with Crippen LogP contribution in [0.3, 0.4) is 0 Å². The molecule has 1 unspecified atom stereocenters. The summed E-state index contributed by atoms with van der Waals surface area (Å²) in [5.74, 6) is 0. The summed E-state index contributed by atoms with van der Waals surface area (Å²) in [5.41, 5.74) is 4.62. The Kier molecular flexibility index (Phi) is 3.28. The monoisotopic (exact) mass is 269 g/mol. The van der Waals surface area contributed by atoms with Crippen LogP contribution in [0.4, 0.5) is 0 Å². The predicted octanol–water partition coefficient (Wildman–Crippen LogP) is 2.46. The number of fused-ring (bicyclic) bond motifs is 1. The van der Waals surface area contributed by atoms with E-state index in [0.29, 0.717) is 0 Å². The predicted molar refractivity (Wildman–Crippen MR) is 79.3 cm³/mol. The highest BCUT2D eigenvalue weighted by Gasteiger charge is 2.12. The van der Waals surface area contributed by atoms with Crippen LogP contribution >= 0.6 is 0 Å². The molecule has 3 aromatic rings. The molecule has 0 radical (unpaired) electrons. The summed E-state index contributed by atoms with van der Waals surface area (Å²) in [6.07, 6.45) is 5.76. The van der Waals surface area contributed by atoms with E-state index < -0.39 is 0 Å². The molecule has 20 heavy (non-hydrogen) atoms. The van der Waals surface area contributed by atoms with Gasteiger partial charge in [0.2, 0.25) is 0 Å². The first-order valence-corrected chi connectivity index (χ1v) is 6.79. The van der Waals surface area contributed by atoms with Crippen molar-refractivity contribution in [3.63, 3.8) is 0 Å². The van der Waals surface area contributed by atoms with E-state index in [1.54, 1.807) is 6.20 Å². The smallest absolute Gasteiger partial charge is 0.137 e. The minimum atomic E-state index is 0.269. The molecular formula is C15H19N5. The van der Waals surface area contributed by atoms with Crippen molar-refractivity contribution in [1.29, 1.82) is 0 Å². The van der Waals surface area contributed by atoms with Gasteiger partial charge in [-0.15, -0.1) is 0 Å². The molecule has 0 fully saturated rings. The van der Waals surface area contributed by atoms with Crippen LogP contribution < -0.4 is 5.32 Å². The average molecular weight is 269 g/mol. The molecule has 5 nitrogen and oxygen atoms in total. The molecule has 3 heterocycles. The molecule has 5 heteroatoms. The second-order valence-corrected chi connectivity index (χ2v) is 5.12. The number of aryl methyl sites for hydroxylation is 1. The van der Waals surface area contributed by atoms with E-state index in [9.17, 15) is 0 Å². The number of aromatic nitrogens is 4. The van der Waals surface area contributed by atoms with Crippen LogP contribution in [-0.2, 0) is 13.6 Å². The van der Waals surface area contributed by atoms with Gasteiger partial charge in [-0.1, -0.05) is 0 Å². The second-order valence-electron chi connectivity index (χ2n) is 5.12. The van der Waals surface area contributed by atoms with E-state index in [-0.39, 0.29) is 6.04 Å². The van der Waals surface area contributed by atoms with Crippen molar-refractivity contribution < 1.29 is 0 Å². The van der Waals surface area contributed by atoms with Crippen LogP contribution in [0.5, 0.6) is 0 Å². The minimum absolute atomic E-state index is 0.269. The maximum atomic E-state index is 4.31. The van der Waals surface area contributed by atoms with E-state index in [1.807, 2.05) is 30.2 Å². The zero-order valence-corrected chi connectivity index (χ0v) is 12.0. The fraction of sp³-hybridized carbons (Fsp3) is 0.333. The van der Waals surface area contributed by atoms with Crippen molar-refractivity contribution in [2.24, 2.45) is 7.05 Å². The third kappa shape index (κ3) is 2.20. The Labute approximate surface area is 118 Å². The van der Waals surface area contributed by atoms with Gasteiger partial charge in [0.1, 0.15) is 5.65 Å². The summed E-state index contributed by atoms with van der Waals surface area (Å²) >= 11 is 0.